The van der Waals surface area contributed by atoms with Crippen molar-refractivity contribution in [1.82, 2.24) is 0 Å². The molecule has 0 unspecified atom stereocenters. The molecule has 2 rings (SSSR count). The summed E-state index contributed by atoms with van der Waals surface area (Å²) >= 11 is 0. The van der Waals surface area contributed by atoms with Gasteiger partial charge >= 0.3 is 6.18 Å². The number of anilines is 1. The lowest BCUT2D eigenvalue weighted by atomic mass is 10.1. The van der Waals surface area contributed by atoms with E-state index in [0.717, 1.165) is 17.2 Å². The van der Waals surface area contributed by atoms with E-state index in [1.54, 1.807) is 6.07 Å². The molecule has 0 fully saturated rings. The summed E-state index contributed by atoms with van der Waals surface area (Å²) in [4.78, 5) is 0. The third-order valence-electron chi connectivity index (χ3n) is 2.97. The molecule has 0 spiro atoms. The first-order valence-electron chi connectivity index (χ1n) is 6.18. The van der Waals surface area contributed by atoms with Gasteiger partial charge < -0.3 is 11.1 Å². The van der Waals surface area contributed by atoms with Gasteiger partial charge in [-0.05, 0) is 23.3 Å². The average Bonchev–Trinajstić information content (AvgIpc) is 2.45. The van der Waals surface area contributed by atoms with Gasteiger partial charge in [0.25, 0.3) is 0 Å². The minimum absolute atomic E-state index is 0.0860. The normalized spacial score (nSPS) is 11.4. The quantitative estimate of drug-likeness (QED) is 0.894. The average molecular weight is 280 g/mol. The zero-order valence-corrected chi connectivity index (χ0v) is 10.7. The molecule has 0 heterocycles. The van der Waals surface area contributed by atoms with Crippen LogP contribution in [0.3, 0.4) is 0 Å². The van der Waals surface area contributed by atoms with Gasteiger partial charge in [-0.2, -0.15) is 13.2 Å². The summed E-state index contributed by atoms with van der Waals surface area (Å²) in [5.41, 5.74) is 6.82. The van der Waals surface area contributed by atoms with Gasteiger partial charge in [-0.25, -0.2) is 0 Å². The van der Waals surface area contributed by atoms with E-state index < -0.39 is 11.7 Å². The van der Waals surface area contributed by atoms with Gasteiger partial charge in [0.1, 0.15) is 0 Å². The molecular weight excluding hydrogens is 265 g/mol. The summed E-state index contributed by atoms with van der Waals surface area (Å²) in [5, 5.41) is 2.82. The molecule has 106 valence electrons. The van der Waals surface area contributed by atoms with Gasteiger partial charge in [0.05, 0.1) is 5.56 Å². The monoisotopic (exact) mass is 280 g/mol. The van der Waals surface area contributed by atoms with Crippen molar-refractivity contribution in [2.75, 3.05) is 5.32 Å². The molecule has 0 saturated carbocycles. The first kappa shape index (κ1) is 14.4. The van der Waals surface area contributed by atoms with Crippen LogP contribution in [0, 0.1) is 0 Å². The van der Waals surface area contributed by atoms with Crippen LogP contribution < -0.4 is 11.1 Å². The van der Waals surface area contributed by atoms with Gasteiger partial charge in [-0.15, -0.1) is 0 Å². The molecule has 2 aromatic rings. The molecule has 2 aromatic carbocycles. The highest BCUT2D eigenvalue weighted by Crippen LogP contribution is 2.34. The number of halogens is 3. The van der Waals surface area contributed by atoms with E-state index in [9.17, 15) is 13.2 Å². The van der Waals surface area contributed by atoms with Crippen LogP contribution in [0.25, 0.3) is 0 Å². The standard InChI is InChI=1S/C15H15F3N2/c16-15(17,18)13-3-1-2-4-14(13)20-10-12-7-5-11(9-19)6-8-12/h1-8,20H,9-10,19H2. The van der Waals surface area contributed by atoms with Crippen LogP contribution in [0.15, 0.2) is 48.5 Å². The number of rotatable bonds is 4. The van der Waals surface area contributed by atoms with Crippen LogP contribution >= 0.6 is 0 Å². The minimum Gasteiger partial charge on any atom is -0.380 e. The zero-order chi connectivity index (χ0) is 14.6. The molecule has 0 amide bonds. The molecule has 0 saturated heterocycles. The smallest absolute Gasteiger partial charge is 0.380 e. The third-order valence-corrected chi connectivity index (χ3v) is 2.97. The predicted octanol–water partition coefficient (Wildman–Crippen LogP) is 3.78. The fourth-order valence-electron chi connectivity index (χ4n) is 1.87. The summed E-state index contributed by atoms with van der Waals surface area (Å²) < 4.78 is 38.5. The Morgan fingerprint density at radius 3 is 2.10 bits per heavy atom. The van der Waals surface area contributed by atoms with Crippen molar-refractivity contribution in [3.8, 4) is 0 Å². The van der Waals surface area contributed by atoms with Crippen LogP contribution in [0.5, 0.6) is 0 Å². The van der Waals surface area contributed by atoms with E-state index in [2.05, 4.69) is 5.32 Å². The number of nitrogens with two attached hydrogens (primary N) is 1. The molecule has 0 aliphatic carbocycles. The maximum absolute atomic E-state index is 12.8. The van der Waals surface area contributed by atoms with Crippen LogP contribution in [-0.2, 0) is 19.3 Å². The number of benzene rings is 2. The summed E-state index contributed by atoms with van der Waals surface area (Å²) in [6.07, 6.45) is -4.35. The molecule has 2 nitrogen and oxygen atoms in total. The van der Waals surface area contributed by atoms with Gasteiger partial charge in [-0.3, -0.25) is 0 Å². The number of alkyl halides is 3. The van der Waals surface area contributed by atoms with E-state index in [1.165, 1.54) is 12.1 Å². The van der Waals surface area contributed by atoms with Crippen LogP contribution in [0.1, 0.15) is 16.7 Å². The number of para-hydroxylation sites is 1. The maximum Gasteiger partial charge on any atom is 0.418 e. The summed E-state index contributed by atoms with van der Waals surface area (Å²) in [5.74, 6) is 0. The molecule has 0 radical (unpaired) electrons. The van der Waals surface area contributed by atoms with E-state index in [-0.39, 0.29) is 5.69 Å². The number of nitrogens with one attached hydrogen (secondary N) is 1. The first-order chi connectivity index (χ1) is 9.50. The Hall–Kier alpha value is -2.01. The first-order valence-corrected chi connectivity index (χ1v) is 6.18. The van der Waals surface area contributed by atoms with Crippen molar-refractivity contribution in [3.63, 3.8) is 0 Å². The lowest BCUT2D eigenvalue weighted by Gasteiger charge is -2.14. The Kier molecular flexibility index (Phi) is 4.29. The fraction of sp³-hybridized carbons (Fsp3) is 0.200. The SMILES string of the molecule is NCc1ccc(CNc2ccccc2C(F)(F)F)cc1. The van der Waals surface area contributed by atoms with Gasteiger partial charge in [0.15, 0.2) is 0 Å². The highest BCUT2D eigenvalue weighted by Gasteiger charge is 2.32. The van der Waals surface area contributed by atoms with Crippen molar-refractivity contribution in [3.05, 3.63) is 65.2 Å². The zero-order valence-electron chi connectivity index (χ0n) is 10.7. The molecule has 0 aromatic heterocycles. The molecule has 0 bridgehead atoms. The van der Waals surface area contributed by atoms with Crippen molar-refractivity contribution < 1.29 is 13.2 Å². The van der Waals surface area contributed by atoms with Crippen molar-refractivity contribution in [2.24, 2.45) is 5.73 Å². The Balaban J connectivity index is 2.10. The third kappa shape index (κ3) is 3.51. The summed E-state index contributed by atoms with van der Waals surface area (Å²) in [6, 6.07) is 12.9. The Morgan fingerprint density at radius 2 is 1.50 bits per heavy atom. The molecular formula is C15H15F3N2. The van der Waals surface area contributed by atoms with Gasteiger partial charge in [0, 0.05) is 18.8 Å². The van der Waals surface area contributed by atoms with E-state index >= 15 is 0 Å². The maximum atomic E-state index is 12.8. The molecule has 20 heavy (non-hydrogen) atoms. The van der Waals surface area contributed by atoms with Crippen molar-refractivity contribution in [2.45, 2.75) is 19.3 Å². The topological polar surface area (TPSA) is 38.0 Å². The molecule has 0 aliphatic heterocycles. The number of hydrogen-bond acceptors (Lipinski definition) is 2. The van der Waals surface area contributed by atoms with Crippen LogP contribution in [0.2, 0.25) is 0 Å². The fourth-order valence-corrected chi connectivity index (χ4v) is 1.87. The molecule has 3 N–H and O–H groups in total. The molecule has 0 atom stereocenters. The van der Waals surface area contributed by atoms with Crippen LogP contribution in [-0.4, -0.2) is 0 Å². The second kappa shape index (κ2) is 5.96. The lowest BCUT2D eigenvalue weighted by molar-refractivity contribution is -0.136. The van der Waals surface area contributed by atoms with E-state index in [1.807, 2.05) is 24.3 Å². The minimum atomic E-state index is -4.35. The van der Waals surface area contributed by atoms with Crippen molar-refractivity contribution in [1.29, 1.82) is 0 Å². The van der Waals surface area contributed by atoms with Crippen molar-refractivity contribution >= 4 is 5.69 Å². The molecule has 0 aliphatic rings. The molecule has 5 heteroatoms. The highest BCUT2D eigenvalue weighted by molar-refractivity contribution is 5.52. The highest BCUT2D eigenvalue weighted by atomic mass is 19.4. The van der Waals surface area contributed by atoms with Crippen LogP contribution in [0.4, 0.5) is 18.9 Å². The summed E-state index contributed by atoms with van der Waals surface area (Å²) in [7, 11) is 0. The predicted molar refractivity (Wildman–Crippen MR) is 73.1 cm³/mol. The Morgan fingerprint density at radius 1 is 0.900 bits per heavy atom. The van der Waals surface area contributed by atoms with E-state index in [0.29, 0.717) is 13.1 Å². The van der Waals surface area contributed by atoms with Gasteiger partial charge in [-0.1, -0.05) is 36.4 Å². The Bertz CT molecular complexity index is 562. The Labute approximate surface area is 115 Å². The number of hydrogen-bond donors (Lipinski definition) is 2. The lowest BCUT2D eigenvalue weighted by Crippen LogP contribution is -2.10. The largest absolute Gasteiger partial charge is 0.418 e. The summed E-state index contributed by atoms with van der Waals surface area (Å²) in [6.45, 7) is 0.780. The van der Waals surface area contributed by atoms with E-state index in [4.69, 9.17) is 5.73 Å². The second-order valence-electron chi connectivity index (χ2n) is 4.42. The second-order valence-corrected chi connectivity index (χ2v) is 4.42. The van der Waals surface area contributed by atoms with Gasteiger partial charge in [0.2, 0.25) is 0 Å².